The van der Waals surface area contributed by atoms with Crippen molar-refractivity contribution >= 4 is 40.1 Å². The smallest absolute Gasteiger partial charge is 0.312 e. The molecular weight excluding hydrogens is 1540 g/mol. The fraction of sp³-hybridized carbons (Fsp3) is 0.773. The first kappa shape index (κ1) is 96.9. The van der Waals surface area contributed by atoms with Crippen molar-refractivity contribution in [2.75, 3.05) is 80.2 Å². The van der Waals surface area contributed by atoms with E-state index in [1.807, 2.05) is 53.6 Å². The Morgan fingerprint density at radius 1 is 0.782 bits per heavy atom. The number of carbonyl (C=O) groups is 4. The van der Waals surface area contributed by atoms with Gasteiger partial charge in [0.15, 0.2) is 24.0 Å². The van der Waals surface area contributed by atoms with Crippen LogP contribution in [-0.2, 0) is 71.2 Å². The summed E-state index contributed by atoms with van der Waals surface area (Å²) in [5, 5.41) is 102. The van der Waals surface area contributed by atoms with E-state index in [4.69, 9.17) is 71.6 Å². The lowest BCUT2D eigenvalue weighted by molar-refractivity contribution is -0.318. The van der Waals surface area contributed by atoms with E-state index in [2.05, 4.69) is 29.4 Å². The number of allylic oxidation sites excluding steroid dienone is 2. The van der Waals surface area contributed by atoms with E-state index in [-0.39, 0.29) is 111 Å². The van der Waals surface area contributed by atoms with Crippen molar-refractivity contribution in [1.82, 2.24) is 15.1 Å². The molecule has 31 nitrogen and oxygen atoms in total. The fourth-order valence-electron chi connectivity index (χ4n) is 19.2. The quantitative estimate of drug-likeness (QED) is 0.0461. The molecule has 10 N–H and O–H groups in total. The lowest BCUT2D eigenvalue weighted by Gasteiger charge is -2.52. The predicted molar refractivity (Wildman–Crippen MR) is 441 cm³/mol. The Labute approximate surface area is 701 Å². The highest BCUT2D eigenvalue weighted by atomic mass is 16.7. The number of aromatic hydroxyl groups is 2. The fourth-order valence-corrected chi connectivity index (χ4v) is 19.2. The molecule has 5 fully saturated rings. The van der Waals surface area contributed by atoms with Gasteiger partial charge < -0.3 is 118 Å². The molecule has 0 aliphatic carbocycles. The van der Waals surface area contributed by atoms with Gasteiger partial charge in [-0.2, -0.15) is 0 Å². The van der Waals surface area contributed by atoms with Crippen LogP contribution >= 0.6 is 0 Å². The summed E-state index contributed by atoms with van der Waals surface area (Å²) in [6.45, 7) is 38.6. The summed E-state index contributed by atoms with van der Waals surface area (Å²) in [6, 6.07) is -0.593. The maximum absolute atomic E-state index is 14.7. The summed E-state index contributed by atoms with van der Waals surface area (Å²) in [5.74, 6) is -9.40. The molecule has 5 saturated heterocycles. The summed E-state index contributed by atoms with van der Waals surface area (Å²) in [5.41, 5.74) is -4.85. The van der Waals surface area contributed by atoms with Crippen molar-refractivity contribution in [3.63, 3.8) is 0 Å². The van der Waals surface area contributed by atoms with E-state index in [0.717, 1.165) is 6.54 Å². The third-order valence-electron chi connectivity index (χ3n) is 26.3. The number of ketones is 1. The number of Topliss-reactive ketones (excluding diaryl/α,β-unsaturated/α-hetero) is 1. The van der Waals surface area contributed by atoms with Crippen molar-refractivity contribution in [3.8, 4) is 17.2 Å². The van der Waals surface area contributed by atoms with Gasteiger partial charge in [0.1, 0.15) is 58.8 Å². The number of likely N-dealkylation sites (N-methyl/N-ethyl adjacent to an activating group) is 1. The molecule has 8 aliphatic rings. The molecule has 2 aromatic rings. The van der Waals surface area contributed by atoms with E-state index >= 15 is 0 Å². The Balaban J connectivity index is 0.000000272. The van der Waals surface area contributed by atoms with Crippen molar-refractivity contribution in [3.05, 3.63) is 58.0 Å². The van der Waals surface area contributed by atoms with E-state index in [0.29, 0.717) is 51.5 Å². The molecule has 0 saturated carbocycles. The average molecular weight is 1680 g/mol. The second-order valence-electron chi connectivity index (χ2n) is 36.5. The highest BCUT2D eigenvalue weighted by Crippen LogP contribution is 2.51. The lowest BCUT2D eigenvalue weighted by Crippen LogP contribution is -2.67. The highest BCUT2D eigenvalue weighted by molar-refractivity contribution is 6.19. The molecule has 6 bridgehead atoms. The van der Waals surface area contributed by atoms with E-state index in [1.165, 1.54) is 34.3 Å². The number of carbonyl (C=O) groups excluding carboxylic acids is 4. The molecule has 10 rings (SSSR count). The first-order chi connectivity index (χ1) is 55.7. The zero-order chi connectivity index (χ0) is 88.4. The standard InChI is InChI=1S/C46H62N4O11.C42H78N2O14/c1-22(2)21-50-18-16-46(17-19-50)48-34-31-32-39(54)28(8)42-33(31)43(56)45(10,61-42)59-20-15-30(58-11)25(5)41(60-29(9)51)27(7)38(53)26(6)37(52)23(3)13-12-14-24(4)44(57)47-36(40(32)55)35(34)49-46;1-15-29-42(10,49)37-24(4)32(43-30(56-37)21-52-17-16-50-13)22(2)19-40(8,48)36(58-39-33(45)28(44(11)12)18-23(3)53-39)25(5)34(26(6)38(47)55-29)57-31-20-41(9,51-14)35(46)27(7)54-31/h12-15,20,22-23,25-27,30,37-38,41,52-55H,16-19,21H2,1-11H3,(H,47,57);22-37,39,43,45-46,48-49H,15-21H2,1-14H3/b13-12-,20-15-,24-14+;/t23-,25+,26+,27-,30-,37-,38+,41-,45-;22-,23?,24+,25?,26-,27?,28?,29-,30-,31?,32+,33?,34-,35?,36-,37?,39?,40-,41?,42-/m01/s1. The van der Waals surface area contributed by atoms with Crippen LogP contribution in [0.5, 0.6) is 17.2 Å². The van der Waals surface area contributed by atoms with Crippen LogP contribution in [0.2, 0.25) is 0 Å². The zero-order valence-corrected chi connectivity index (χ0v) is 74.7. The van der Waals surface area contributed by atoms with Crippen LogP contribution in [0.25, 0.3) is 10.8 Å². The SMILES string of the molecule is CC[C@H]1OC(=O)[C@H](C)[C@H](OC2CC(C)(OC)C(O)C(C)O2)C(C)[C@@H](OC2OC(C)CC(N(C)C)C2O)[C@](C)(O)C[C@@H](C)[C@@H]2N[C@@H](COCCOC)OC([C@H]2C)[C@]1(C)O.CO[C@H]1/C=C\O[C@@]2(C)Oc3c(C)c(O)c4c(O)c(c5c(c4c3C2=O)=NC2(CCN(CC(C)C)CC2)N=5)NC(=O)/C(C)=C/C=C\[C@H](C)[C@H](O)[C@@H](C)[C@@H](O)[C@H](C)[C@@H](OC(C)=O)[C@@H]1C. The van der Waals surface area contributed by atoms with Gasteiger partial charge in [-0.25, -0.2) is 0 Å². The summed E-state index contributed by atoms with van der Waals surface area (Å²) in [4.78, 5) is 70.1. The minimum Gasteiger partial charge on any atom is -0.507 e. The Hall–Kier alpha value is -5.92. The van der Waals surface area contributed by atoms with Gasteiger partial charge in [-0.15, -0.1) is 0 Å². The monoisotopic (exact) mass is 1680 g/mol. The van der Waals surface area contributed by atoms with Gasteiger partial charge in [-0.3, -0.25) is 34.5 Å². The number of fused-ring (bicyclic) bond motifs is 3. The van der Waals surface area contributed by atoms with Crippen LogP contribution in [-0.4, -0.2) is 282 Å². The van der Waals surface area contributed by atoms with Crippen LogP contribution in [0.1, 0.15) is 186 Å². The summed E-state index contributed by atoms with van der Waals surface area (Å²) in [7, 11) is 8.37. The first-order valence-corrected chi connectivity index (χ1v) is 42.6. The Morgan fingerprint density at radius 2 is 1.45 bits per heavy atom. The van der Waals surface area contributed by atoms with Gasteiger partial charge >= 0.3 is 17.7 Å². The molecule has 2 aromatic carbocycles. The second kappa shape index (κ2) is 39.5. The maximum Gasteiger partial charge on any atom is 0.312 e. The van der Waals surface area contributed by atoms with Gasteiger partial charge in [0.25, 0.3) is 11.7 Å². The molecule has 672 valence electrons. The molecule has 0 radical (unpaired) electrons. The number of aliphatic hydroxyl groups excluding tert-OH is 4. The lowest BCUT2D eigenvalue weighted by atomic mass is 9.71. The second-order valence-corrected chi connectivity index (χ2v) is 36.5. The van der Waals surface area contributed by atoms with Crippen LogP contribution in [0.15, 0.2) is 46.1 Å². The van der Waals surface area contributed by atoms with Gasteiger partial charge in [0, 0.05) is 138 Å². The van der Waals surface area contributed by atoms with Crippen molar-refractivity contribution < 1.29 is 122 Å². The van der Waals surface area contributed by atoms with Crippen LogP contribution < -0.4 is 26.1 Å². The number of phenols is 2. The Bertz CT molecular complexity index is 4070. The van der Waals surface area contributed by atoms with Gasteiger partial charge in [0.2, 0.25) is 0 Å². The first-order valence-electron chi connectivity index (χ1n) is 42.6. The highest BCUT2D eigenvalue weighted by Gasteiger charge is 2.57. The number of amides is 1. The van der Waals surface area contributed by atoms with Crippen LogP contribution in [0.3, 0.4) is 0 Å². The predicted octanol–water partition coefficient (Wildman–Crippen LogP) is 6.95. The number of methoxy groups -OCH3 is 3. The number of anilines is 1. The van der Waals surface area contributed by atoms with Crippen molar-refractivity contribution in [1.29, 1.82) is 0 Å². The number of benzene rings is 2. The minimum atomic E-state index is -1.96. The molecule has 0 aromatic heterocycles. The van der Waals surface area contributed by atoms with Crippen LogP contribution in [0, 0.1) is 60.2 Å². The number of likely N-dealkylation sites (tertiary alicyclic amines) is 1. The normalized spacial score (nSPS) is 40.5. The minimum absolute atomic E-state index is 0.0364. The number of phenolic OH excluding ortho intramolecular Hbond substituents is 2. The van der Waals surface area contributed by atoms with Crippen LogP contribution in [0.4, 0.5) is 5.69 Å². The number of aliphatic hydroxyl groups is 6. The number of rotatable bonds is 16. The number of hydrogen-bond donors (Lipinski definition) is 10. The number of piperidine rings is 1. The molecule has 8 heterocycles. The third-order valence-corrected chi connectivity index (χ3v) is 26.3. The number of hydrogen-bond acceptors (Lipinski definition) is 30. The Morgan fingerprint density at radius 3 is 2.06 bits per heavy atom. The summed E-state index contributed by atoms with van der Waals surface area (Å²) < 4.78 is 79.7. The van der Waals surface area contributed by atoms with Gasteiger partial charge in [-0.1, -0.05) is 87.5 Å². The largest absolute Gasteiger partial charge is 0.507 e. The molecule has 119 heavy (non-hydrogen) atoms. The van der Waals surface area contributed by atoms with E-state index in [1.54, 1.807) is 108 Å². The number of nitrogens with zero attached hydrogens (tertiary/aromatic N) is 4. The third kappa shape index (κ3) is 20.9. The van der Waals surface area contributed by atoms with Gasteiger partial charge in [-0.05, 0) is 107 Å². The van der Waals surface area contributed by atoms with E-state index < -0.39 is 179 Å². The molecule has 29 atom stereocenters. The number of esters is 2. The molecule has 1 amide bonds. The molecule has 1 spiro atoms. The zero-order valence-electron chi connectivity index (χ0n) is 74.7. The molecular formula is C88H140N6O25. The molecule has 10 unspecified atom stereocenters. The summed E-state index contributed by atoms with van der Waals surface area (Å²) >= 11 is 0. The number of cyclic esters (lactones) is 1. The van der Waals surface area contributed by atoms with Crippen molar-refractivity contribution in [2.24, 2.45) is 63.2 Å². The molecule has 8 aliphatic heterocycles. The number of ether oxygens (including phenoxy) is 13. The van der Waals surface area contributed by atoms with Gasteiger partial charge in [0.05, 0.1) is 108 Å². The number of nitrogens with one attached hydrogen (secondary N) is 2. The Kier molecular flexibility index (Phi) is 32.2. The maximum atomic E-state index is 14.7. The topological polar surface area (TPSA) is 405 Å². The average Bonchev–Trinajstić information content (AvgIpc) is 1.54. The molecule has 31 heteroatoms. The summed E-state index contributed by atoms with van der Waals surface area (Å²) in [6.07, 6.45) is -3.26. The van der Waals surface area contributed by atoms with Crippen molar-refractivity contribution in [2.45, 2.75) is 309 Å². The van der Waals surface area contributed by atoms with E-state index in [9.17, 15) is 60.0 Å².